The van der Waals surface area contributed by atoms with Crippen LogP contribution in [0.15, 0.2) is 18.2 Å². The van der Waals surface area contributed by atoms with Gasteiger partial charge in [0.2, 0.25) is 0 Å². The number of hydrogen-bond acceptors (Lipinski definition) is 4. The lowest BCUT2D eigenvalue weighted by atomic mass is 10.1. The molecular weight excluding hydrogens is 304 g/mol. The van der Waals surface area contributed by atoms with E-state index in [0.29, 0.717) is 16.5 Å². The molecule has 1 unspecified atom stereocenters. The normalized spacial score (nSPS) is 18.6. The highest BCUT2D eigenvalue weighted by Gasteiger charge is 2.20. The standard InChI is InChI=1S/C16H23ClN2O3/c1-16(2,3)22-15(20)19-13-7-6-11(17)9-14(13)21-12-5-4-8-18-10-12/h6-7,9,12,18H,4-5,8,10H2,1-3H3,(H,19,20). The average molecular weight is 327 g/mol. The third-order valence-electron chi connectivity index (χ3n) is 3.12. The molecule has 1 aromatic carbocycles. The lowest BCUT2D eigenvalue weighted by molar-refractivity contribution is 0.0634. The summed E-state index contributed by atoms with van der Waals surface area (Å²) in [6.45, 7) is 7.26. The highest BCUT2D eigenvalue weighted by Crippen LogP contribution is 2.30. The molecule has 0 spiro atoms. The number of carbonyl (C=O) groups excluding carboxylic acids is 1. The van der Waals surface area contributed by atoms with Crippen molar-refractivity contribution < 1.29 is 14.3 Å². The van der Waals surface area contributed by atoms with Crippen molar-refractivity contribution in [1.82, 2.24) is 5.32 Å². The minimum Gasteiger partial charge on any atom is -0.487 e. The van der Waals surface area contributed by atoms with Crippen molar-refractivity contribution >= 4 is 23.4 Å². The fourth-order valence-corrected chi connectivity index (χ4v) is 2.37. The van der Waals surface area contributed by atoms with E-state index in [9.17, 15) is 4.79 Å². The summed E-state index contributed by atoms with van der Waals surface area (Å²) in [6.07, 6.45) is 1.61. The number of rotatable bonds is 3. The number of ether oxygens (including phenoxy) is 2. The van der Waals surface area contributed by atoms with Crippen molar-refractivity contribution in [3.05, 3.63) is 23.2 Å². The Balaban J connectivity index is 2.08. The summed E-state index contributed by atoms with van der Waals surface area (Å²) < 4.78 is 11.2. The molecule has 0 aromatic heterocycles. The van der Waals surface area contributed by atoms with E-state index in [1.807, 2.05) is 20.8 Å². The summed E-state index contributed by atoms with van der Waals surface area (Å²) >= 11 is 6.04. The van der Waals surface area contributed by atoms with Gasteiger partial charge in [-0.05, 0) is 52.3 Å². The fourth-order valence-electron chi connectivity index (χ4n) is 2.21. The van der Waals surface area contributed by atoms with Gasteiger partial charge >= 0.3 is 6.09 Å². The Morgan fingerprint density at radius 2 is 2.18 bits per heavy atom. The van der Waals surface area contributed by atoms with Crippen molar-refractivity contribution in [3.8, 4) is 5.75 Å². The van der Waals surface area contributed by atoms with E-state index in [1.54, 1.807) is 18.2 Å². The predicted molar refractivity (Wildman–Crippen MR) is 87.8 cm³/mol. The van der Waals surface area contributed by atoms with Crippen molar-refractivity contribution in [2.24, 2.45) is 0 Å². The molecule has 0 saturated carbocycles. The van der Waals surface area contributed by atoms with Gasteiger partial charge in [-0.15, -0.1) is 0 Å². The van der Waals surface area contributed by atoms with E-state index in [4.69, 9.17) is 21.1 Å². The molecule has 1 aliphatic heterocycles. The van der Waals surface area contributed by atoms with Crippen LogP contribution in [-0.2, 0) is 4.74 Å². The first kappa shape index (κ1) is 16.9. The monoisotopic (exact) mass is 326 g/mol. The van der Waals surface area contributed by atoms with Gasteiger partial charge in [-0.25, -0.2) is 4.79 Å². The maximum atomic E-state index is 11.9. The third-order valence-corrected chi connectivity index (χ3v) is 3.36. The van der Waals surface area contributed by atoms with Crippen LogP contribution in [-0.4, -0.2) is 30.9 Å². The number of anilines is 1. The molecule has 2 N–H and O–H groups in total. The number of benzene rings is 1. The van der Waals surface area contributed by atoms with Gasteiger partial charge in [0.05, 0.1) is 5.69 Å². The Bertz CT molecular complexity index is 523. The van der Waals surface area contributed by atoms with E-state index < -0.39 is 11.7 Å². The number of nitrogens with one attached hydrogen (secondary N) is 2. The number of halogens is 1. The second kappa shape index (κ2) is 7.20. The molecule has 5 nitrogen and oxygen atoms in total. The van der Waals surface area contributed by atoms with Gasteiger partial charge < -0.3 is 14.8 Å². The van der Waals surface area contributed by atoms with Gasteiger partial charge in [-0.3, -0.25) is 5.32 Å². The molecule has 1 saturated heterocycles. The summed E-state index contributed by atoms with van der Waals surface area (Å²) in [4.78, 5) is 11.9. The van der Waals surface area contributed by atoms with Crippen LogP contribution in [0.4, 0.5) is 10.5 Å². The summed E-state index contributed by atoms with van der Waals surface area (Å²) in [5.41, 5.74) is 0.00869. The Kier molecular flexibility index (Phi) is 5.53. The molecule has 1 heterocycles. The molecule has 1 aliphatic rings. The van der Waals surface area contributed by atoms with Crippen LogP contribution in [0.5, 0.6) is 5.75 Å². The highest BCUT2D eigenvalue weighted by atomic mass is 35.5. The zero-order chi connectivity index (χ0) is 16.2. The fraction of sp³-hybridized carbons (Fsp3) is 0.562. The zero-order valence-corrected chi connectivity index (χ0v) is 14.0. The Hall–Kier alpha value is -1.46. The quantitative estimate of drug-likeness (QED) is 0.886. The smallest absolute Gasteiger partial charge is 0.412 e. The van der Waals surface area contributed by atoms with Crippen molar-refractivity contribution in [1.29, 1.82) is 0 Å². The number of amides is 1. The van der Waals surface area contributed by atoms with Crippen molar-refractivity contribution in [2.75, 3.05) is 18.4 Å². The first-order valence-corrected chi connectivity index (χ1v) is 7.88. The number of piperidine rings is 1. The lowest BCUT2D eigenvalue weighted by Gasteiger charge is -2.25. The molecule has 0 radical (unpaired) electrons. The molecule has 2 rings (SSSR count). The van der Waals surface area contributed by atoms with E-state index in [1.165, 1.54) is 0 Å². The third kappa shape index (κ3) is 5.39. The van der Waals surface area contributed by atoms with Crippen LogP contribution in [0.1, 0.15) is 33.6 Å². The van der Waals surface area contributed by atoms with Crippen LogP contribution >= 0.6 is 11.6 Å². The van der Waals surface area contributed by atoms with Gasteiger partial charge in [-0.1, -0.05) is 11.6 Å². The van der Waals surface area contributed by atoms with Gasteiger partial charge in [0.15, 0.2) is 0 Å². The molecule has 6 heteroatoms. The molecule has 0 bridgehead atoms. The Morgan fingerprint density at radius 3 is 2.82 bits per heavy atom. The second-order valence-corrected chi connectivity index (χ2v) is 6.79. The van der Waals surface area contributed by atoms with Crippen molar-refractivity contribution in [2.45, 2.75) is 45.3 Å². The van der Waals surface area contributed by atoms with E-state index in [2.05, 4.69) is 10.6 Å². The van der Waals surface area contributed by atoms with Crippen LogP contribution < -0.4 is 15.4 Å². The van der Waals surface area contributed by atoms with Crippen LogP contribution in [0.25, 0.3) is 0 Å². The number of carbonyl (C=O) groups is 1. The second-order valence-electron chi connectivity index (χ2n) is 6.35. The van der Waals surface area contributed by atoms with Crippen LogP contribution in [0, 0.1) is 0 Å². The molecule has 0 aliphatic carbocycles. The van der Waals surface area contributed by atoms with Gasteiger partial charge in [-0.2, -0.15) is 0 Å². The SMILES string of the molecule is CC(C)(C)OC(=O)Nc1ccc(Cl)cc1OC1CCCNC1. The topological polar surface area (TPSA) is 59.6 Å². The summed E-state index contributed by atoms with van der Waals surface area (Å²) in [6, 6.07) is 5.14. The van der Waals surface area contributed by atoms with Crippen molar-refractivity contribution in [3.63, 3.8) is 0 Å². The zero-order valence-electron chi connectivity index (χ0n) is 13.2. The molecular formula is C16H23ClN2O3. The summed E-state index contributed by atoms with van der Waals surface area (Å²) in [5.74, 6) is 0.562. The van der Waals surface area contributed by atoms with Gasteiger partial charge in [0, 0.05) is 17.6 Å². The lowest BCUT2D eigenvalue weighted by Crippen LogP contribution is -2.37. The highest BCUT2D eigenvalue weighted by molar-refractivity contribution is 6.30. The minimum atomic E-state index is -0.551. The van der Waals surface area contributed by atoms with Gasteiger partial charge in [0.1, 0.15) is 17.5 Å². The van der Waals surface area contributed by atoms with Crippen LogP contribution in [0.2, 0.25) is 5.02 Å². The van der Waals surface area contributed by atoms with E-state index in [-0.39, 0.29) is 6.10 Å². The molecule has 22 heavy (non-hydrogen) atoms. The Labute approximate surface area is 136 Å². The predicted octanol–water partition coefficient (Wildman–Crippen LogP) is 3.82. The summed E-state index contributed by atoms with van der Waals surface area (Å²) in [7, 11) is 0. The van der Waals surface area contributed by atoms with Crippen LogP contribution in [0.3, 0.4) is 0 Å². The van der Waals surface area contributed by atoms with E-state index in [0.717, 1.165) is 25.9 Å². The number of hydrogen-bond donors (Lipinski definition) is 2. The van der Waals surface area contributed by atoms with Gasteiger partial charge in [0.25, 0.3) is 0 Å². The largest absolute Gasteiger partial charge is 0.487 e. The molecule has 122 valence electrons. The first-order chi connectivity index (χ1) is 10.3. The Morgan fingerprint density at radius 1 is 1.41 bits per heavy atom. The maximum Gasteiger partial charge on any atom is 0.412 e. The first-order valence-electron chi connectivity index (χ1n) is 7.50. The summed E-state index contributed by atoms with van der Waals surface area (Å²) in [5, 5.41) is 6.57. The molecule has 1 atom stereocenters. The maximum absolute atomic E-state index is 11.9. The van der Waals surface area contributed by atoms with E-state index >= 15 is 0 Å². The average Bonchev–Trinajstić information content (AvgIpc) is 2.41. The molecule has 1 fully saturated rings. The molecule has 1 aromatic rings. The molecule has 1 amide bonds. The minimum absolute atomic E-state index is 0.0754.